The average Bonchev–Trinajstić information content (AvgIpc) is 2.98. The fraction of sp³-hybridized carbons (Fsp3) is 0.611. The summed E-state index contributed by atoms with van der Waals surface area (Å²) in [7, 11) is 0. The van der Waals surface area contributed by atoms with Crippen molar-refractivity contribution in [1.82, 2.24) is 10.2 Å². The minimum Gasteiger partial charge on any atom is -0.355 e. The summed E-state index contributed by atoms with van der Waals surface area (Å²) in [6.07, 6.45) is 0.595. The first-order valence-corrected chi connectivity index (χ1v) is 9.41. The van der Waals surface area contributed by atoms with Crippen molar-refractivity contribution < 1.29 is 4.79 Å². The maximum atomic E-state index is 11.4. The molecule has 23 heavy (non-hydrogen) atoms. The molecule has 130 valence electrons. The lowest BCUT2D eigenvalue weighted by atomic mass is 9.92. The van der Waals surface area contributed by atoms with E-state index < -0.39 is 0 Å². The first-order valence-electron chi connectivity index (χ1n) is 8.34. The van der Waals surface area contributed by atoms with Gasteiger partial charge in [-0.25, -0.2) is 0 Å². The summed E-state index contributed by atoms with van der Waals surface area (Å²) >= 11 is 11.7. The molecular weight excluding hydrogens is 331 g/mol. The highest BCUT2D eigenvalue weighted by molar-refractivity contribution is 6.18. The maximum absolute atomic E-state index is 11.4. The highest BCUT2D eigenvalue weighted by atomic mass is 35.5. The molecule has 1 atom stereocenters. The minimum atomic E-state index is 0.149. The van der Waals surface area contributed by atoms with Gasteiger partial charge in [-0.2, -0.15) is 0 Å². The molecule has 0 aliphatic carbocycles. The minimum absolute atomic E-state index is 0.149. The van der Waals surface area contributed by atoms with Crippen LogP contribution in [-0.2, 0) is 11.3 Å². The molecule has 1 saturated heterocycles. The van der Waals surface area contributed by atoms with Crippen LogP contribution < -0.4 is 5.32 Å². The number of carbonyl (C=O) groups excluding carboxylic acids is 1. The number of carbonyl (C=O) groups is 1. The SMILES string of the molecule is CC.Cc1ccc(CN(CCCl)CCCl)cc1C1CNC(=O)C1. The van der Waals surface area contributed by atoms with Gasteiger partial charge in [0.05, 0.1) is 0 Å². The summed E-state index contributed by atoms with van der Waals surface area (Å²) in [5.74, 6) is 1.66. The van der Waals surface area contributed by atoms with E-state index in [0.29, 0.717) is 24.1 Å². The van der Waals surface area contributed by atoms with Crippen LogP contribution in [0.15, 0.2) is 18.2 Å². The molecule has 0 saturated carbocycles. The van der Waals surface area contributed by atoms with Gasteiger partial charge in [-0.05, 0) is 23.6 Å². The van der Waals surface area contributed by atoms with Crippen LogP contribution in [0.3, 0.4) is 0 Å². The second-order valence-electron chi connectivity index (χ2n) is 5.55. The number of rotatable bonds is 7. The van der Waals surface area contributed by atoms with Gasteiger partial charge < -0.3 is 5.32 Å². The zero-order chi connectivity index (χ0) is 17.2. The van der Waals surface area contributed by atoms with Crippen molar-refractivity contribution >= 4 is 29.1 Å². The van der Waals surface area contributed by atoms with E-state index in [1.54, 1.807) is 0 Å². The van der Waals surface area contributed by atoms with E-state index in [2.05, 4.69) is 35.3 Å². The van der Waals surface area contributed by atoms with Gasteiger partial charge in [0.2, 0.25) is 5.91 Å². The van der Waals surface area contributed by atoms with Crippen molar-refractivity contribution in [1.29, 1.82) is 0 Å². The zero-order valence-electron chi connectivity index (χ0n) is 14.4. The quantitative estimate of drug-likeness (QED) is 0.749. The highest BCUT2D eigenvalue weighted by Crippen LogP contribution is 2.27. The van der Waals surface area contributed by atoms with Crippen molar-refractivity contribution in [3.8, 4) is 0 Å². The molecule has 1 heterocycles. The molecule has 1 fully saturated rings. The van der Waals surface area contributed by atoms with Crippen LogP contribution in [0.4, 0.5) is 0 Å². The van der Waals surface area contributed by atoms with Gasteiger partial charge in [0.25, 0.3) is 0 Å². The highest BCUT2D eigenvalue weighted by Gasteiger charge is 2.24. The first-order chi connectivity index (χ1) is 11.1. The lowest BCUT2D eigenvalue weighted by Gasteiger charge is -2.21. The number of nitrogens with one attached hydrogen (secondary N) is 1. The van der Waals surface area contributed by atoms with E-state index in [-0.39, 0.29) is 5.91 Å². The number of benzene rings is 1. The third-order valence-electron chi connectivity index (χ3n) is 3.97. The smallest absolute Gasteiger partial charge is 0.220 e. The molecule has 2 rings (SSSR count). The second kappa shape index (κ2) is 10.9. The number of hydrogen-bond donors (Lipinski definition) is 1. The Bertz CT molecular complexity index is 488. The van der Waals surface area contributed by atoms with Crippen molar-refractivity contribution in [3.63, 3.8) is 0 Å². The fourth-order valence-corrected chi connectivity index (χ4v) is 3.30. The van der Waals surface area contributed by atoms with Crippen LogP contribution in [-0.4, -0.2) is 42.2 Å². The Morgan fingerprint density at radius 2 is 1.87 bits per heavy atom. The average molecular weight is 359 g/mol. The molecule has 0 spiro atoms. The maximum Gasteiger partial charge on any atom is 0.220 e. The second-order valence-corrected chi connectivity index (χ2v) is 6.31. The standard InChI is InChI=1S/C16H22Cl2N2O.C2H6/c1-12-2-3-13(11-20(6-4-17)7-5-18)8-15(12)14-9-16(21)19-10-14;1-2/h2-3,8,14H,4-7,9-11H2,1H3,(H,19,21);1-2H3. The Kier molecular flexibility index (Phi) is 9.61. The molecule has 0 aromatic heterocycles. The van der Waals surface area contributed by atoms with Gasteiger partial charge in [-0.15, -0.1) is 23.2 Å². The molecule has 3 nitrogen and oxygen atoms in total. The van der Waals surface area contributed by atoms with E-state index in [9.17, 15) is 4.79 Å². The van der Waals surface area contributed by atoms with E-state index in [1.807, 2.05) is 13.8 Å². The molecule has 1 unspecified atom stereocenters. The van der Waals surface area contributed by atoms with Crippen molar-refractivity contribution in [3.05, 3.63) is 34.9 Å². The van der Waals surface area contributed by atoms with Crippen LogP contribution in [0, 0.1) is 6.92 Å². The van der Waals surface area contributed by atoms with Crippen LogP contribution in [0.25, 0.3) is 0 Å². The van der Waals surface area contributed by atoms with Crippen molar-refractivity contribution in [2.45, 2.75) is 39.7 Å². The lowest BCUT2D eigenvalue weighted by molar-refractivity contribution is -0.119. The Morgan fingerprint density at radius 1 is 1.22 bits per heavy atom. The number of halogens is 2. The topological polar surface area (TPSA) is 32.3 Å². The zero-order valence-corrected chi connectivity index (χ0v) is 15.9. The summed E-state index contributed by atoms with van der Waals surface area (Å²) in [4.78, 5) is 13.7. The third kappa shape index (κ3) is 6.33. The lowest BCUT2D eigenvalue weighted by Crippen LogP contribution is -2.27. The largest absolute Gasteiger partial charge is 0.355 e. The molecule has 0 bridgehead atoms. The van der Waals surface area contributed by atoms with Crippen LogP contribution in [0.1, 0.15) is 42.9 Å². The summed E-state index contributed by atoms with van der Waals surface area (Å²) in [5, 5.41) is 2.91. The van der Waals surface area contributed by atoms with Gasteiger partial charge in [0.1, 0.15) is 0 Å². The summed E-state index contributed by atoms with van der Waals surface area (Å²) < 4.78 is 0. The van der Waals surface area contributed by atoms with Gasteiger partial charge >= 0.3 is 0 Å². The first kappa shape index (κ1) is 20.3. The molecule has 5 heteroatoms. The molecule has 1 aliphatic rings. The molecule has 0 radical (unpaired) electrons. The monoisotopic (exact) mass is 358 g/mol. The van der Waals surface area contributed by atoms with Crippen molar-refractivity contribution in [2.75, 3.05) is 31.4 Å². The molecule has 1 amide bonds. The van der Waals surface area contributed by atoms with Gasteiger partial charge in [0.15, 0.2) is 0 Å². The summed E-state index contributed by atoms with van der Waals surface area (Å²) in [5.41, 5.74) is 3.79. The van der Waals surface area contributed by atoms with Gasteiger partial charge in [0, 0.05) is 50.3 Å². The van der Waals surface area contributed by atoms with E-state index in [1.165, 1.54) is 16.7 Å². The number of hydrogen-bond acceptors (Lipinski definition) is 2. The summed E-state index contributed by atoms with van der Waals surface area (Å²) in [6, 6.07) is 6.53. The van der Waals surface area contributed by atoms with E-state index in [4.69, 9.17) is 23.2 Å². The number of aryl methyl sites for hydroxylation is 1. The Labute approximate surface area is 150 Å². The normalized spacial score (nSPS) is 17.0. The van der Waals surface area contributed by atoms with Crippen LogP contribution >= 0.6 is 23.2 Å². The predicted octanol–water partition coefficient (Wildman–Crippen LogP) is 3.90. The van der Waals surface area contributed by atoms with E-state index in [0.717, 1.165) is 26.2 Å². The number of nitrogens with zero attached hydrogens (tertiary/aromatic N) is 1. The Balaban J connectivity index is 0.00000127. The fourth-order valence-electron chi connectivity index (χ4n) is 2.82. The molecule has 1 aromatic carbocycles. The Morgan fingerprint density at radius 3 is 2.39 bits per heavy atom. The molecular formula is C18H28Cl2N2O. The van der Waals surface area contributed by atoms with Crippen molar-refractivity contribution in [2.24, 2.45) is 0 Å². The van der Waals surface area contributed by atoms with Gasteiger partial charge in [-0.1, -0.05) is 32.0 Å². The predicted molar refractivity (Wildman–Crippen MR) is 99.6 cm³/mol. The number of alkyl halides is 2. The molecule has 1 aliphatic heterocycles. The number of amides is 1. The van der Waals surface area contributed by atoms with Crippen LogP contribution in [0.5, 0.6) is 0 Å². The summed E-state index contributed by atoms with van der Waals surface area (Å²) in [6.45, 7) is 9.37. The van der Waals surface area contributed by atoms with Crippen LogP contribution in [0.2, 0.25) is 0 Å². The Hall–Kier alpha value is -0.770. The molecule has 1 N–H and O–H groups in total. The van der Waals surface area contributed by atoms with Gasteiger partial charge in [-0.3, -0.25) is 9.69 Å². The molecule has 1 aromatic rings. The third-order valence-corrected chi connectivity index (χ3v) is 4.31. The van der Waals surface area contributed by atoms with E-state index >= 15 is 0 Å².